The molecule has 4 rings (SSSR count). The van der Waals surface area contributed by atoms with E-state index in [1.807, 2.05) is 37.8 Å². The normalized spacial score (nSPS) is 22.1. The summed E-state index contributed by atoms with van der Waals surface area (Å²) in [7, 11) is 1.54. The molecule has 0 bridgehead atoms. The van der Waals surface area contributed by atoms with Crippen molar-refractivity contribution < 1.29 is 23.9 Å². The summed E-state index contributed by atoms with van der Waals surface area (Å²) < 4.78 is 11.6. The Labute approximate surface area is 220 Å². The van der Waals surface area contributed by atoms with Gasteiger partial charge in [-0.1, -0.05) is 23.4 Å². The molecular formula is C29H41N3O5. The van der Waals surface area contributed by atoms with Crippen molar-refractivity contribution in [2.24, 2.45) is 17.0 Å². The number of amides is 2. The Morgan fingerprint density at radius 1 is 1.00 bits per heavy atom. The van der Waals surface area contributed by atoms with Crippen LogP contribution in [0.4, 0.5) is 4.79 Å². The molecule has 2 heterocycles. The van der Waals surface area contributed by atoms with E-state index in [4.69, 9.17) is 14.3 Å². The van der Waals surface area contributed by atoms with E-state index >= 15 is 0 Å². The third-order valence-electron chi connectivity index (χ3n) is 7.31. The molecular weight excluding hydrogens is 470 g/mol. The molecule has 0 aromatic heterocycles. The minimum absolute atomic E-state index is 0.0509. The Bertz CT molecular complexity index is 1000. The Morgan fingerprint density at radius 2 is 1.73 bits per heavy atom. The zero-order chi connectivity index (χ0) is 26.4. The van der Waals surface area contributed by atoms with Crippen LogP contribution in [0.2, 0.25) is 0 Å². The van der Waals surface area contributed by atoms with E-state index in [0.29, 0.717) is 32.2 Å². The first-order valence-electron chi connectivity index (χ1n) is 13.5. The second-order valence-electron chi connectivity index (χ2n) is 11.3. The van der Waals surface area contributed by atoms with Gasteiger partial charge in [-0.05, 0) is 82.1 Å². The van der Waals surface area contributed by atoms with Crippen LogP contribution in [-0.4, -0.2) is 73.0 Å². The Morgan fingerprint density at radius 3 is 2.35 bits per heavy atom. The van der Waals surface area contributed by atoms with Crippen LogP contribution in [0.3, 0.4) is 0 Å². The zero-order valence-electron chi connectivity index (χ0n) is 22.7. The van der Waals surface area contributed by atoms with Crippen molar-refractivity contribution in [3.63, 3.8) is 0 Å². The SMILES string of the molecule is CO/N=C1\CCN(C(=O)C2CC=C(c3ccc(OCC4CCN(C(=O)OC(C)(C)C)CC4)cc3)CC2)C1. The van der Waals surface area contributed by atoms with Crippen molar-refractivity contribution in [1.82, 2.24) is 9.80 Å². The van der Waals surface area contributed by atoms with E-state index in [9.17, 15) is 9.59 Å². The second kappa shape index (κ2) is 12.0. The van der Waals surface area contributed by atoms with Gasteiger partial charge < -0.3 is 24.1 Å². The minimum Gasteiger partial charge on any atom is -0.493 e. The predicted octanol–water partition coefficient (Wildman–Crippen LogP) is 5.13. The summed E-state index contributed by atoms with van der Waals surface area (Å²) in [4.78, 5) is 33.7. The van der Waals surface area contributed by atoms with Crippen LogP contribution in [0.25, 0.3) is 5.57 Å². The summed E-state index contributed by atoms with van der Waals surface area (Å²) in [5.41, 5.74) is 2.97. The van der Waals surface area contributed by atoms with Crippen LogP contribution in [0.5, 0.6) is 5.75 Å². The van der Waals surface area contributed by atoms with Gasteiger partial charge in [-0.2, -0.15) is 0 Å². The topological polar surface area (TPSA) is 80.7 Å². The maximum absolute atomic E-state index is 12.9. The van der Waals surface area contributed by atoms with E-state index < -0.39 is 5.60 Å². The average molecular weight is 512 g/mol. The van der Waals surface area contributed by atoms with E-state index in [1.54, 1.807) is 12.0 Å². The van der Waals surface area contributed by atoms with Crippen molar-refractivity contribution in [3.05, 3.63) is 35.9 Å². The van der Waals surface area contributed by atoms with Crippen molar-refractivity contribution in [1.29, 1.82) is 0 Å². The van der Waals surface area contributed by atoms with Crippen LogP contribution in [0.15, 0.2) is 35.5 Å². The first kappa shape index (κ1) is 27.0. The average Bonchev–Trinajstić information content (AvgIpc) is 3.36. The quantitative estimate of drug-likeness (QED) is 0.495. The molecule has 202 valence electrons. The monoisotopic (exact) mass is 511 g/mol. The number of nitrogens with zero attached hydrogens (tertiary/aromatic N) is 3. The van der Waals surface area contributed by atoms with Crippen molar-refractivity contribution >= 4 is 23.3 Å². The van der Waals surface area contributed by atoms with E-state index in [-0.39, 0.29) is 17.9 Å². The number of piperidine rings is 1. The lowest BCUT2D eigenvalue weighted by molar-refractivity contribution is -0.134. The van der Waals surface area contributed by atoms with Gasteiger partial charge in [0.2, 0.25) is 5.91 Å². The van der Waals surface area contributed by atoms with Crippen LogP contribution >= 0.6 is 0 Å². The molecule has 0 N–H and O–H groups in total. The van der Waals surface area contributed by atoms with Crippen LogP contribution in [0, 0.1) is 11.8 Å². The van der Waals surface area contributed by atoms with E-state index in [2.05, 4.69) is 23.4 Å². The number of carbonyl (C=O) groups excluding carboxylic acids is 2. The van der Waals surface area contributed by atoms with Gasteiger partial charge in [0, 0.05) is 32.0 Å². The number of likely N-dealkylation sites (tertiary alicyclic amines) is 2. The first-order valence-corrected chi connectivity index (χ1v) is 13.5. The third kappa shape index (κ3) is 7.49. The van der Waals surface area contributed by atoms with Gasteiger partial charge >= 0.3 is 6.09 Å². The molecule has 8 nitrogen and oxygen atoms in total. The number of carbonyl (C=O) groups is 2. The Kier molecular flexibility index (Phi) is 8.77. The maximum atomic E-state index is 12.9. The van der Waals surface area contributed by atoms with Crippen molar-refractivity contribution in [3.8, 4) is 5.75 Å². The number of rotatable bonds is 6. The summed E-state index contributed by atoms with van der Waals surface area (Å²) in [6.07, 6.45) is 7.19. The molecule has 8 heteroatoms. The first-order chi connectivity index (χ1) is 17.7. The predicted molar refractivity (Wildman–Crippen MR) is 143 cm³/mol. The Balaban J connectivity index is 1.20. The summed E-state index contributed by atoms with van der Waals surface area (Å²) in [5.74, 6) is 1.58. The van der Waals surface area contributed by atoms with Crippen LogP contribution < -0.4 is 4.74 Å². The number of hydrogen-bond acceptors (Lipinski definition) is 6. The molecule has 1 atom stereocenters. The number of allylic oxidation sites excluding steroid dienone is 2. The van der Waals surface area contributed by atoms with Gasteiger partial charge in [0.1, 0.15) is 18.5 Å². The van der Waals surface area contributed by atoms with Gasteiger partial charge in [-0.25, -0.2) is 4.79 Å². The largest absolute Gasteiger partial charge is 0.493 e. The number of ether oxygens (including phenoxy) is 2. The minimum atomic E-state index is -0.464. The number of hydrogen-bond donors (Lipinski definition) is 0. The lowest BCUT2D eigenvalue weighted by Gasteiger charge is -2.33. The highest BCUT2D eigenvalue weighted by Crippen LogP contribution is 2.32. The molecule has 2 amide bonds. The van der Waals surface area contributed by atoms with Gasteiger partial charge in [-0.15, -0.1) is 0 Å². The molecule has 1 aromatic rings. The fraction of sp³-hybridized carbons (Fsp3) is 0.621. The molecule has 0 spiro atoms. The van der Waals surface area contributed by atoms with Crippen LogP contribution in [-0.2, 0) is 14.4 Å². The van der Waals surface area contributed by atoms with E-state index in [0.717, 1.165) is 56.5 Å². The van der Waals surface area contributed by atoms with Crippen LogP contribution in [0.1, 0.15) is 64.9 Å². The van der Waals surface area contributed by atoms with Gasteiger partial charge in [0.05, 0.1) is 18.9 Å². The lowest BCUT2D eigenvalue weighted by Crippen LogP contribution is -2.42. The fourth-order valence-electron chi connectivity index (χ4n) is 5.20. The highest BCUT2D eigenvalue weighted by Gasteiger charge is 2.30. The summed E-state index contributed by atoms with van der Waals surface area (Å²) in [6, 6.07) is 8.29. The molecule has 3 aliphatic rings. The second-order valence-corrected chi connectivity index (χ2v) is 11.3. The molecule has 0 saturated carbocycles. The fourth-order valence-corrected chi connectivity index (χ4v) is 5.20. The smallest absolute Gasteiger partial charge is 0.410 e. The van der Waals surface area contributed by atoms with Gasteiger partial charge in [-0.3, -0.25) is 4.79 Å². The van der Waals surface area contributed by atoms with E-state index in [1.165, 1.54) is 11.1 Å². The highest BCUT2D eigenvalue weighted by molar-refractivity contribution is 5.93. The molecule has 1 unspecified atom stereocenters. The number of benzene rings is 1. The molecule has 2 saturated heterocycles. The molecule has 1 aliphatic carbocycles. The molecule has 2 aliphatic heterocycles. The van der Waals surface area contributed by atoms with Crippen molar-refractivity contribution in [2.45, 2.75) is 64.9 Å². The number of oxime groups is 1. The zero-order valence-corrected chi connectivity index (χ0v) is 22.7. The third-order valence-corrected chi connectivity index (χ3v) is 7.31. The molecule has 2 fully saturated rings. The van der Waals surface area contributed by atoms with Gasteiger partial charge in [0.15, 0.2) is 0 Å². The summed E-state index contributed by atoms with van der Waals surface area (Å²) >= 11 is 0. The standard InChI is InChI=1S/C29H41N3O5/c1-29(2,3)37-28(34)31-16-13-21(14-17-31)20-36-26-11-9-23(10-12-26)22-5-7-24(8-6-22)27(33)32-18-15-25(19-32)30-35-4/h5,9-12,21,24H,6-8,13-20H2,1-4H3/b30-25+. The van der Waals surface area contributed by atoms with Crippen molar-refractivity contribution in [2.75, 3.05) is 39.9 Å². The molecule has 0 radical (unpaired) electrons. The summed E-state index contributed by atoms with van der Waals surface area (Å²) in [5, 5.41) is 4.00. The molecule has 1 aromatic carbocycles. The maximum Gasteiger partial charge on any atom is 0.410 e. The summed E-state index contributed by atoms with van der Waals surface area (Å²) in [6.45, 7) is 9.07. The molecule has 37 heavy (non-hydrogen) atoms. The van der Waals surface area contributed by atoms with Gasteiger partial charge in [0.25, 0.3) is 0 Å². The lowest BCUT2D eigenvalue weighted by atomic mass is 9.86. The Hall–Kier alpha value is -3.03. The highest BCUT2D eigenvalue weighted by atomic mass is 16.6.